The number of carboxylic acids is 1. The van der Waals surface area contributed by atoms with E-state index in [9.17, 15) is 19.5 Å². The van der Waals surface area contributed by atoms with E-state index in [0.717, 1.165) is 32.1 Å². The second-order valence-electron chi connectivity index (χ2n) is 10.4. The summed E-state index contributed by atoms with van der Waals surface area (Å²) in [6.45, 7) is 5.35. The van der Waals surface area contributed by atoms with Gasteiger partial charge in [0.05, 0.1) is 0 Å². The van der Waals surface area contributed by atoms with Gasteiger partial charge in [-0.2, -0.15) is 0 Å². The maximum Gasteiger partial charge on any atom is 0.408 e. The fourth-order valence-corrected chi connectivity index (χ4v) is 5.60. The molecular weight excluding hydrogens is 384 g/mol. The highest BCUT2D eigenvalue weighted by Crippen LogP contribution is 2.43. The van der Waals surface area contributed by atoms with Crippen molar-refractivity contribution in [1.29, 1.82) is 0 Å². The molecule has 0 aromatic carbocycles. The zero-order valence-corrected chi connectivity index (χ0v) is 18.7. The summed E-state index contributed by atoms with van der Waals surface area (Å²) >= 11 is 0. The van der Waals surface area contributed by atoms with E-state index in [4.69, 9.17) is 4.74 Å². The average molecular weight is 423 g/mol. The number of fused-ring (bicyclic) bond motifs is 2. The van der Waals surface area contributed by atoms with Gasteiger partial charge in [0, 0.05) is 6.04 Å². The number of rotatable bonds is 7. The van der Waals surface area contributed by atoms with Crippen molar-refractivity contribution in [1.82, 2.24) is 10.2 Å². The van der Waals surface area contributed by atoms with Crippen molar-refractivity contribution in [3.8, 4) is 0 Å². The summed E-state index contributed by atoms with van der Waals surface area (Å²) in [6.07, 6.45) is 10.6. The quantitative estimate of drug-likeness (QED) is 0.644. The Labute approximate surface area is 179 Å². The van der Waals surface area contributed by atoms with Gasteiger partial charge >= 0.3 is 12.1 Å². The summed E-state index contributed by atoms with van der Waals surface area (Å²) in [6, 6.07) is -1.52. The molecule has 0 aromatic heterocycles. The van der Waals surface area contributed by atoms with Gasteiger partial charge in [-0.1, -0.05) is 44.9 Å². The molecule has 0 radical (unpaired) electrons. The third kappa shape index (κ3) is 5.67. The van der Waals surface area contributed by atoms with E-state index in [0.29, 0.717) is 12.3 Å². The lowest BCUT2D eigenvalue weighted by atomic mass is 9.85. The SMILES string of the molecule is CC(C)(C)OC(=O)N[C@@H](CCCC1CCCCC1)C(=O)N1[C@@H]2CC[C@@H](C2)[C@H]1C(=O)O. The van der Waals surface area contributed by atoms with Crippen LogP contribution in [0.4, 0.5) is 4.79 Å². The zero-order valence-electron chi connectivity index (χ0n) is 18.7. The Morgan fingerprint density at radius 3 is 2.43 bits per heavy atom. The molecule has 2 bridgehead atoms. The standard InChI is InChI=1S/C23H38N2O5/c1-23(2,3)30-22(29)24-18(11-7-10-15-8-5-4-6-9-15)20(26)25-17-13-12-16(14-17)19(25)21(27)28/h15-19H,4-14H2,1-3H3,(H,24,29)(H,27,28)/t16-,17+,18-,19-/m0/s1. The first kappa shape index (κ1) is 22.9. The van der Waals surface area contributed by atoms with Crippen molar-refractivity contribution >= 4 is 18.0 Å². The van der Waals surface area contributed by atoms with Gasteiger partial charge in [-0.25, -0.2) is 9.59 Å². The van der Waals surface area contributed by atoms with Crippen LogP contribution in [-0.2, 0) is 14.3 Å². The number of carbonyl (C=O) groups excluding carboxylic acids is 2. The van der Waals surface area contributed by atoms with Gasteiger partial charge in [0.2, 0.25) is 5.91 Å². The van der Waals surface area contributed by atoms with E-state index in [1.54, 1.807) is 25.7 Å². The van der Waals surface area contributed by atoms with Crippen LogP contribution in [0.15, 0.2) is 0 Å². The molecule has 2 amide bonds. The van der Waals surface area contributed by atoms with Gasteiger partial charge in [0.25, 0.3) is 0 Å². The van der Waals surface area contributed by atoms with Crippen molar-refractivity contribution in [3.63, 3.8) is 0 Å². The fraction of sp³-hybridized carbons (Fsp3) is 0.870. The summed E-state index contributed by atoms with van der Waals surface area (Å²) in [4.78, 5) is 39.2. The number of carbonyl (C=O) groups is 3. The maximum atomic E-state index is 13.4. The molecule has 4 atom stereocenters. The Balaban J connectivity index is 1.66. The number of alkyl carbamates (subject to hydrolysis) is 1. The van der Waals surface area contributed by atoms with Crippen molar-refractivity contribution in [2.24, 2.45) is 11.8 Å². The summed E-state index contributed by atoms with van der Waals surface area (Å²) in [7, 11) is 0. The molecule has 2 saturated carbocycles. The lowest BCUT2D eigenvalue weighted by Gasteiger charge is -2.35. The first-order chi connectivity index (χ1) is 14.2. The van der Waals surface area contributed by atoms with Crippen LogP contribution >= 0.6 is 0 Å². The van der Waals surface area contributed by atoms with Crippen LogP contribution in [0.1, 0.15) is 91.4 Å². The van der Waals surface area contributed by atoms with E-state index in [1.807, 2.05) is 0 Å². The highest BCUT2D eigenvalue weighted by atomic mass is 16.6. The molecule has 1 saturated heterocycles. The van der Waals surface area contributed by atoms with E-state index in [2.05, 4.69) is 5.32 Å². The molecule has 170 valence electrons. The summed E-state index contributed by atoms with van der Waals surface area (Å²) < 4.78 is 5.38. The highest BCUT2D eigenvalue weighted by molar-refractivity contribution is 5.90. The van der Waals surface area contributed by atoms with Crippen LogP contribution in [-0.4, -0.2) is 51.7 Å². The Kier molecular flexibility index (Phi) is 7.30. The minimum Gasteiger partial charge on any atom is -0.480 e. The number of hydrogen-bond donors (Lipinski definition) is 2. The molecule has 7 nitrogen and oxygen atoms in total. The second kappa shape index (κ2) is 9.56. The molecule has 3 rings (SSSR count). The van der Waals surface area contributed by atoms with E-state index < -0.39 is 29.7 Å². The number of piperidine rings is 1. The van der Waals surface area contributed by atoms with Crippen molar-refractivity contribution in [2.75, 3.05) is 0 Å². The smallest absolute Gasteiger partial charge is 0.408 e. The molecule has 2 aliphatic carbocycles. The highest BCUT2D eigenvalue weighted by Gasteiger charge is 2.52. The third-order valence-corrected chi connectivity index (χ3v) is 6.91. The van der Waals surface area contributed by atoms with Crippen LogP contribution < -0.4 is 5.32 Å². The molecule has 0 unspecified atom stereocenters. The minimum atomic E-state index is -0.936. The predicted octanol–water partition coefficient (Wildman–Crippen LogP) is 4.09. The first-order valence-corrected chi connectivity index (χ1v) is 11.7. The van der Waals surface area contributed by atoms with E-state index >= 15 is 0 Å². The number of likely N-dealkylation sites (tertiary alicyclic amines) is 1. The molecule has 1 aliphatic heterocycles. The first-order valence-electron chi connectivity index (χ1n) is 11.7. The second-order valence-corrected chi connectivity index (χ2v) is 10.4. The number of hydrogen-bond acceptors (Lipinski definition) is 4. The molecule has 7 heteroatoms. The summed E-state index contributed by atoms with van der Waals surface area (Å²) in [5.74, 6) is -0.468. The molecule has 3 fully saturated rings. The van der Waals surface area contributed by atoms with Crippen molar-refractivity contribution < 1.29 is 24.2 Å². The number of nitrogens with zero attached hydrogens (tertiary/aromatic N) is 1. The molecule has 0 aromatic rings. The van der Waals surface area contributed by atoms with E-state index in [1.165, 1.54) is 32.1 Å². The van der Waals surface area contributed by atoms with Gasteiger partial charge < -0.3 is 20.1 Å². The van der Waals surface area contributed by atoms with Gasteiger partial charge in [0.15, 0.2) is 0 Å². The number of amides is 2. The van der Waals surface area contributed by atoms with Crippen LogP contribution in [0.5, 0.6) is 0 Å². The third-order valence-electron chi connectivity index (χ3n) is 6.91. The Hall–Kier alpha value is -1.79. The largest absolute Gasteiger partial charge is 0.480 e. The molecule has 1 heterocycles. The summed E-state index contributed by atoms with van der Waals surface area (Å²) in [5, 5.41) is 12.5. The van der Waals surface area contributed by atoms with Crippen LogP contribution in [0.3, 0.4) is 0 Å². The lowest BCUT2D eigenvalue weighted by molar-refractivity contribution is -0.153. The van der Waals surface area contributed by atoms with Crippen molar-refractivity contribution in [3.05, 3.63) is 0 Å². The molecular formula is C23H38N2O5. The van der Waals surface area contributed by atoms with Gasteiger partial charge in [-0.15, -0.1) is 0 Å². The molecule has 30 heavy (non-hydrogen) atoms. The average Bonchev–Trinajstić information content (AvgIpc) is 3.27. The number of ether oxygens (including phenoxy) is 1. The Morgan fingerprint density at radius 2 is 1.80 bits per heavy atom. The molecule has 3 aliphatic rings. The van der Waals surface area contributed by atoms with Crippen molar-refractivity contribution in [2.45, 2.75) is 115 Å². The molecule has 2 N–H and O–H groups in total. The van der Waals surface area contributed by atoms with E-state index in [-0.39, 0.29) is 17.9 Å². The van der Waals surface area contributed by atoms with Gasteiger partial charge in [-0.05, 0) is 58.3 Å². The molecule has 0 spiro atoms. The van der Waals surface area contributed by atoms with Gasteiger partial charge in [-0.3, -0.25) is 4.79 Å². The minimum absolute atomic E-state index is 0.0233. The maximum absolute atomic E-state index is 13.4. The normalized spacial score (nSPS) is 27.7. The van der Waals surface area contributed by atoms with Gasteiger partial charge in [0.1, 0.15) is 17.7 Å². The zero-order chi connectivity index (χ0) is 21.9. The van der Waals surface area contributed by atoms with Crippen LogP contribution in [0, 0.1) is 11.8 Å². The topological polar surface area (TPSA) is 95.9 Å². The summed E-state index contributed by atoms with van der Waals surface area (Å²) in [5.41, 5.74) is -0.657. The Morgan fingerprint density at radius 1 is 1.10 bits per heavy atom. The monoisotopic (exact) mass is 422 g/mol. The fourth-order valence-electron chi connectivity index (χ4n) is 5.60. The lowest BCUT2D eigenvalue weighted by Crippen LogP contribution is -2.56. The van der Waals surface area contributed by atoms with Crippen LogP contribution in [0.25, 0.3) is 0 Å². The predicted molar refractivity (Wildman–Crippen MR) is 113 cm³/mol. The number of aliphatic carboxylic acids is 1. The Bertz CT molecular complexity index is 638. The number of nitrogens with one attached hydrogen (secondary N) is 1. The number of carboxylic acid groups (broad SMARTS) is 1. The van der Waals surface area contributed by atoms with Crippen LogP contribution in [0.2, 0.25) is 0 Å².